The molecule has 2 heterocycles. The molecule has 2 aromatic rings. The van der Waals surface area contributed by atoms with Crippen molar-refractivity contribution in [3.05, 3.63) is 70.8 Å². The molecule has 0 radical (unpaired) electrons. The fourth-order valence-electron chi connectivity index (χ4n) is 4.85. The van der Waals surface area contributed by atoms with E-state index in [9.17, 15) is 23.1 Å². The molecule has 0 aliphatic carbocycles. The van der Waals surface area contributed by atoms with Crippen LogP contribution in [0.15, 0.2) is 59.0 Å². The van der Waals surface area contributed by atoms with Gasteiger partial charge < -0.3 is 14.7 Å². The number of carbonyl (C=O) groups is 2. The molecule has 2 aromatic carbocycles. The summed E-state index contributed by atoms with van der Waals surface area (Å²) in [6.07, 6.45) is 1.50. The summed E-state index contributed by atoms with van der Waals surface area (Å²) in [5.41, 5.74) is 1.95. The Labute approximate surface area is 224 Å². The van der Waals surface area contributed by atoms with Gasteiger partial charge in [0.25, 0.3) is 11.7 Å². The van der Waals surface area contributed by atoms with E-state index in [1.807, 2.05) is 31.2 Å². The van der Waals surface area contributed by atoms with Gasteiger partial charge in [-0.3, -0.25) is 14.5 Å². The number of nitrogens with zero attached hydrogens (tertiary/aromatic N) is 3. The third kappa shape index (κ3) is 5.68. The minimum absolute atomic E-state index is 0.0184. The van der Waals surface area contributed by atoms with E-state index in [-0.39, 0.29) is 21.8 Å². The molecule has 1 atom stereocenters. The number of Topliss-reactive ketones (excluding diaryl/α,β-unsaturated/α-hetero) is 1. The lowest BCUT2D eigenvalue weighted by Gasteiger charge is -2.29. The van der Waals surface area contributed by atoms with Crippen molar-refractivity contribution in [1.29, 1.82) is 0 Å². The van der Waals surface area contributed by atoms with Crippen LogP contribution in [0.25, 0.3) is 5.76 Å². The molecule has 2 aliphatic rings. The number of amides is 1. The van der Waals surface area contributed by atoms with Crippen molar-refractivity contribution in [2.75, 3.05) is 53.5 Å². The summed E-state index contributed by atoms with van der Waals surface area (Å²) in [5, 5.41) is 11.4. The highest BCUT2D eigenvalue weighted by Crippen LogP contribution is 2.39. The number of sulfonamides is 1. The minimum atomic E-state index is -3.76. The van der Waals surface area contributed by atoms with Crippen molar-refractivity contribution in [3.63, 3.8) is 0 Å². The van der Waals surface area contributed by atoms with Crippen molar-refractivity contribution >= 4 is 27.5 Å². The normalized spacial score (nSPS) is 20.4. The molecule has 2 fully saturated rings. The van der Waals surface area contributed by atoms with Gasteiger partial charge in [0, 0.05) is 45.8 Å². The van der Waals surface area contributed by atoms with Crippen LogP contribution in [0.3, 0.4) is 0 Å². The monoisotopic (exact) mass is 541 g/mol. The van der Waals surface area contributed by atoms with E-state index in [0.29, 0.717) is 31.7 Å². The number of carbonyl (C=O) groups excluding carboxylic acids is 2. The van der Waals surface area contributed by atoms with Crippen LogP contribution in [0.2, 0.25) is 0 Å². The van der Waals surface area contributed by atoms with Gasteiger partial charge in [-0.1, -0.05) is 43.3 Å². The molecular formula is C28H35N3O6S. The first kappa shape index (κ1) is 28.0. The SMILES string of the molecule is CCc1ccc(C2/C(=C(/O)c3cccc(S(=O)(=O)N(C)C)c3)C(=O)C(=O)N2CCCN2CCOCC2)cc1. The number of rotatable bonds is 9. The number of ketones is 1. The van der Waals surface area contributed by atoms with E-state index in [1.165, 1.54) is 43.3 Å². The molecule has 0 saturated carbocycles. The average Bonchev–Trinajstić information content (AvgIpc) is 3.18. The molecular weight excluding hydrogens is 506 g/mol. The third-order valence-electron chi connectivity index (χ3n) is 7.11. The number of likely N-dealkylation sites (tertiary alicyclic amines) is 1. The standard InChI is InChI=1S/C28H35N3O6S/c1-4-20-9-11-21(12-10-20)25-24(26(32)22-7-5-8-23(19-22)38(35,36)29(2)3)27(33)28(34)31(25)14-6-13-30-15-17-37-18-16-30/h5,7-12,19,25,32H,4,6,13-18H2,1-3H3/b26-24-. The second-order valence-electron chi connectivity index (χ2n) is 9.71. The molecule has 1 unspecified atom stereocenters. The minimum Gasteiger partial charge on any atom is -0.507 e. The first-order valence-corrected chi connectivity index (χ1v) is 14.3. The third-order valence-corrected chi connectivity index (χ3v) is 8.92. The lowest BCUT2D eigenvalue weighted by Crippen LogP contribution is -2.38. The fourth-order valence-corrected chi connectivity index (χ4v) is 5.80. The van der Waals surface area contributed by atoms with Gasteiger partial charge >= 0.3 is 0 Å². The maximum Gasteiger partial charge on any atom is 0.295 e. The van der Waals surface area contributed by atoms with Crippen LogP contribution in [0, 0.1) is 0 Å². The Morgan fingerprint density at radius 1 is 1.05 bits per heavy atom. The van der Waals surface area contributed by atoms with E-state index in [4.69, 9.17) is 4.74 Å². The molecule has 9 nitrogen and oxygen atoms in total. The van der Waals surface area contributed by atoms with Crippen LogP contribution in [0.4, 0.5) is 0 Å². The van der Waals surface area contributed by atoms with Gasteiger partial charge in [-0.25, -0.2) is 12.7 Å². The number of benzene rings is 2. The summed E-state index contributed by atoms with van der Waals surface area (Å²) in [4.78, 5) is 30.4. The van der Waals surface area contributed by atoms with Crippen molar-refractivity contribution in [3.8, 4) is 0 Å². The zero-order valence-corrected chi connectivity index (χ0v) is 22.9. The van der Waals surface area contributed by atoms with Crippen LogP contribution in [0.1, 0.15) is 36.1 Å². The van der Waals surface area contributed by atoms with Crippen molar-refractivity contribution in [2.24, 2.45) is 0 Å². The predicted octanol–water partition coefficient (Wildman–Crippen LogP) is 2.64. The van der Waals surface area contributed by atoms with Gasteiger partial charge in [-0.2, -0.15) is 0 Å². The number of morpholine rings is 1. The summed E-state index contributed by atoms with van der Waals surface area (Å²) in [5.74, 6) is -1.84. The van der Waals surface area contributed by atoms with Crippen LogP contribution in [-0.2, 0) is 30.8 Å². The van der Waals surface area contributed by atoms with Crippen LogP contribution in [0.5, 0.6) is 0 Å². The van der Waals surface area contributed by atoms with Crippen molar-refractivity contribution < 1.29 is 27.9 Å². The Morgan fingerprint density at radius 3 is 2.37 bits per heavy atom. The Bertz CT molecular complexity index is 1310. The van der Waals surface area contributed by atoms with E-state index in [2.05, 4.69) is 4.90 Å². The quantitative estimate of drug-likeness (QED) is 0.295. The lowest BCUT2D eigenvalue weighted by atomic mass is 9.94. The Morgan fingerprint density at radius 2 is 1.74 bits per heavy atom. The number of aryl methyl sites for hydroxylation is 1. The summed E-state index contributed by atoms with van der Waals surface area (Å²) in [7, 11) is -0.922. The molecule has 1 N–H and O–H groups in total. The van der Waals surface area contributed by atoms with Crippen molar-refractivity contribution in [2.45, 2.75) is 30.7 Å². The molecule has 38 heavy (non-hydrogen) atoms. The second kappa shape index (κ2) is 11.8. The Hall–Kier alpha value is -3.05. The maximum atomic E-state index is 13.3. The molecule has 2 aliphatic heterocycles. The van der Waals surface area contributed by atoms with Gasteiger partial charge in [0.2, 0.25) is 10.0 Å². The summed E-state index contributed by atoms with van der Waals surface area (Å²) >= 11 is 0. The first-order valence-electron chi connectivity index (χ1n) is 12.9. The number of aliphatic hydroxyl groups is 1. The van der Waals surface area contributed by atoms with Gasteiger partial charge in [0.15, 0.2) is 0 Å². The molecule has 204 valence electrons. The fraction of sp³-hybridized carbons (Fsp3) is 0.429. The van der Waals surface area contributed by atoms with Crippen molar-refractivity contribution in [1.82, 2.24) is 14.1 Å². The zero-order chi connectivity index (χ0) is 27.4. The van der Waals surface area contributed by atoms with E-state index < -0.39 is 27.8 Å². The lowest BCUT2D eigenvalue weighted by molar-refractivity contribution is -0.140. The largest absolute Gasteiger partial charge is 0.507 e. The zero-order valence-electron chi connectivity index (χ0n) is 22.1. The second-order valence-corrected chi connectivity index (χ2v) is 11.9. The summed E-state index contributed by atoms with van der Waals surface area (Å²) in [6, 6.07) is 12.7. The maximum absolute atomic E-state index is 13.3. The Balaban J connectivity index is 1.73. The van der Waals surface area contributed by atoms with Crippen LogP contribution in [-0.4, -0.2) is 92.8 Å². The highest BCUT2D eigenvalue weighted by molar-refractivity contribution is 7.89. The number of ether oxygens (including phenoxy) is 1. The molecule has 4 rings (SSSR count). The van der Waals surface area contributed by atoms with Gasteiger partial charge in [0.1, 0.15) is 5.76 Å². The average molecular weight is 542 g/mol. The van der Waals surface area contributed by atoms with Gasteiger partial charge in [-0.05, 0) is 36.1 Å². The molecule has 0 bridgehead atoms. The molecule has 0 aromatic heterocycles. The predicted molar refractivity (Wildman–Crippen MR) is 144 cm³/mol. The smallest absolute Gasteiger partial charge is 0.295 e. The van der Waals surface area contributed by atoms with E-state index in [1.54, 1.807) is 0 Å². The number of aliphatic hydroxyl groups excluding tert-OH is 1. The molecule has 10 heteroatoms. The van der Waals surface area contributed by atoms with E-state index in [0.717, 1.165) is 35.9 Å². The van der Waals surface area contributed by atoms with Gasteiger partial charge in [0.05, 0.1) is 29.7 Å². The van der Waals surface area contributed by atoms with Crippen LogP contribution >= 0.6 is 0 Å². The molecule has 2 saturated heterocycles. The molecule has 0 spiro atoms. The highest BCUT2D eigenvalue weighted by atomic mass is 32.2. The Kier molecular flexibility index (Phi) is 8.67. The summed E-state index contributed by atoms with van der Waals surface area (Å²) < 4.78 is 31.8. The first-order chi connectivity index (χ1) is 18.1. The topological polar surface area (TPSA) is 107 Å². The number of hydrogen-bond acceptors (Lipinski definition) is 7. The van der Waals surface area contributed by atoms with Gasteiger partial charge in [-0.15, -0.1) is 0 Å². The molecule has 1 amide bonds. The van der Waals surface area contributed by atoms with Crippen LogP contribution < -0.4 is 0 Å². The van der Waals surface area contributed by atoms with E-state index >= 15 is 0 Å². The summed E-state index contributed by atoms with van der Waals surface area (Å²) in [6.45, 7) is 6.15. The number of hydrogen-bond donors (Lipinski definition) is 1. The highest BCUT2D eigenvalue weighted by Gasteiger charge is 2.45.